The minimum absolute atomic E-state index is 0.158. The summed E-state index contributed by atoms with van der Waals surface area (Å²) in [6, 6.07) is 1.74. The zero-order valence-electron chi connectivity index (χ0n) is 10.5. The molecule has 1 atom stereocenters. The summed E-state index contributed by atoms with van der Waals surface area (Å²) in [7, 11) is -3.48. The van der Waals surface area contributed by atoms with Gasteiger partial charge >= 0.3 is 0 Å². The molecule has 0 radical (unpaired) electrons. The second-order valence-corrected chi connectivity index (χ2v) is 7.75. The standard InChI is InChI=1S/C11H20N2O2S/c1-8(6-12)16(14,15)13-7-9-10(2,3)11(9,4)5/h8-9,13H,7H2,1-5H3. The average molecular weight is 244 g/mol. The molecule has 16 heavy (non-hydrogen) atoms. The van der Waals surface area contributed by atoms with Gasteiger partial charge in [0.25, 0.3) is 0 Å². The quantitative estimate of drug-likeness (QED) is 0.814. The summed E-state index contributed by atoms with van der Waals surface area (Å²) in [5.74, 6) is 0.334. The van der Waals surface area contributed by atoms with E-state index in [0.29, 0.717) is 12.5 Å². The summed E-state index contributed by atoms with van der Waals surface area (Å²) in [6.45, 7) is 10.4. The first kappa shape index (κ1) is 13.5. The Morgan fingerprint density at radius 3 is 2.06 bits per heavy atom. The molecule has 0 heterocycles. The first-order valence-corrected chi connectivity index (χ1v) is 7.00. The van der Waals surface area contributed by atoms with Crippen LogP contribution in [-0.2, 0) is 10.0 Å². The van der Waals surface area contributed by atoms with E-state index in [2.05, 4.69) is 32.4 Å². The summed E-state index contributed by atoms with van der Waals surface area (Å²) in [4.78, 5) is 0. The highest BCUT2D eigenvalue weighted by atomic mass is 32.2. The molecule has 0 aliphatic heterocycles. The smallest absolute Gasteiger partial charge is 0.214 e. The van der Waals surface area contributed by atoms with Crippen molar-refractivity contribution in [2.75, 3.05) is 6.54 Å². The van der Waals surface area contributed by atoms with Crippen LogP contribution in [0.25, 0.3) is 0 Å². The maximum absolute atomic E-state index is 11.6. The van der Waals surface area contributed by atoms with E-state index in [-0.39, 0.29) is 10.8 Å². The van der Waals surface area contributed by atoms with E-state index < -0.39 is 15.3 Å². The van der Waals surface area contributed by atoms with Crippen LogP contribution in [0, 0.1) is 28.1 Å². The van der Waals surface area contributed by atoms with Crippen LogP contribution in [0.1, 0.15) is 34.6 Å². The number of sulfonamides is 1. The van der Waals surface area contributed by atoms with Gasteiger partial charge in [-0.3, -0.25) is 0 Å². The first-order chi connectivity index (χ1) is 7.07. The Morgan fingerprint density at radius 2 is 1.75 bits per heavy atom. The van der Waals surface area contributed by atoms with E-state index in [4.69, 9.17) is 5.26 Å². The Morgan fingerprint density at radius 1 is 1.31 bits per heavy atom. The van der Waals surface area contributed by atoms with Crippen LogP contribution in [-0.4, -0.2) is 20.2 Å². The highest BCUT2D eigenvalue weighted by molar-refractivity contribution is 7.90. The topological polar surface area (TPSA) is 70.0 Å². The van der Waals surface area contributed by atoms with E-state index in [1.54, 1.807) is 6.07 Å². The molecule has 0 aromatic carbocycles. The third kappa shape index (κ3) is 1.96. The number of nitrogens with zero attached hydrogens (tertiary/aromatic N) is 1. The van der Waals surface area contributed by atoms with Crippen LogP contribution in [0.3, 0.4) is 0 Å². The maximum atomic E-state index is 11.6. The van der Waals surface area contributed by atoms with Crippen LogP contribution >= 0.6 is 0 Å². The Hall–Kier alpha value is -0.600. The van der Waals surface area contributed by atoms with Crippen LogP contribution < -0.4 is 4.72 Å². The molecule has 92 valence electrons. The normalized spacial score (nSPS) is 24.8. The molecule has 4 nitrogen and oxygen atoms in total. The van der Waals surface area contributed by atoms with Gasteiger partial charge in [-0.1, -0.05) is 27.7 Å². The van der Waals surface area contributed by atoms with Gasteiger partial charge in [-0.25, -0.2) is 13.1 Å². The fourth-order valence-electron chi connectivity index (χ4n) is 2.24. The van der Waals surface area contributed by atoms with Crippen LogP contribution in [0.5, 0.6) is 0 Å². The molecule has 1 rings (SSSR count). The van der Waals surface area contributed by atoms with Crippen molar-refractivity contribution in [3.63, 3.8) is 0 Å². The monoisotopic (exact) mass is 244 g/mol. The molecule has 1 fully saturated rings. The van der Waals surface area contributed by atoms with Crippen LogP contribution in [0.2, 0.25) is 0 Å². The van der Waals surface area contributed by atoms with Crippen molar-refractivity contribution in [3.05, 3.63) is 0 Å². The molecule has 0 aromatic rings. The molecule has 5 heteroatoms. The lowest BCUT2D eigenvalue weighted by Crippen LogP contribution is -2.33. The molecule has 1 aliphatic carbocycles. The van der Waals surface area contributed by atoms with Gasteiger partial charge in [0.1, 0.15) is 0 Å². The first-order valence-electron chi connectivity index (χ1n) is 5.45. The lowest BCUT2D eigenvalue weighted by molar-refractivity contribution is 0.457. The molecule has 0 amide bonds. The summed E-state index contributed by atoms with van der Waals surface area (Å²) in [5, 5.41) is 7.60. The second kappa shape index (κ2) is 3.71. The molecule has 0 aromatic heterocycles. The fraction of sp³-hybridized carbons (Fsp3) is 0.909. The van der Waals surface area contributed by atoms with Gasteiger partial charge in [0, 0.05) is 6.54 Å². The SMILES string of the molecule is CC(C#N)S(=O)(=O)NCC1C(C)(C)C1(C)C. The molecule has 1 N–H and O–H groups in total. The van der Waals surface area contributed by atoms with Crippen molar-refractivity contribution in [1.29, 1.82) is 5.26 Å². The Labute approximate surface area is 98.1 Å². The van der Waals surface area contributed by atoms with Gasteiger partial charge in [-0.05, 0) is 23.7 Å². The third-order valence-corrected chi connectivity index (χ3v) is 6.06. The van der Waals surface area contributed by atoms with E-state index in [1.807, 2.05) is 0 Å². The van der Waals surface area contributed by atoms with E-state index in [9.17, 15) is 8.42 Å². The van der Waals surface area contributed by atoms with Gasteiger partial charge in [0.05, 0.1) is 6.07 Å². The summed E-state index contributed by atoms with van der Waals surface area (Å²) >= 11 is 0. The highest BCUT2D eigenvalue weighted by Gasteiger charge is 2.64. The largest absolute Gasteiger partial charge is 0.227 e. The lowest BCUT2D eigenvalue weighted by Gasteiger charge is -2.08. The molecule has 0 bridgehead atoms. The number of hydrogen-bond donors (Lipinski definition) is 1. The summed E-state index contributed by atoms with van der Waals surface area (Å²) in [6.07, 6.45) is 0. The second-order valence-electron chi connectivity index (χ2n) is 5.66. The molecular formula is C11H20N2O2S. The Bertz CT molecular complexity index is 404. The third-order valence-electron chi connectivity index (χ3n) is 4.46. The minimum Gasteiger partial charge on any atom is -0.214 e. The highest BCUT2D eigenvalue weighted by Crippen LogP contribution is 2.67. The zero-order chi connectivity index (χ0) is 12.8. The predicted molar refractivity (Wildman–Crippen MR) is 63.0 cm³/mol. The Balaban J connectivity index is 2.60. The summed E-state index contributed by atoms with van der Waals surface area (Å²) in [5.41, 5.74) is 0.316. The average Bonchev–Trinajstić information content (AvgIpc) is 2.53. The summed E-state index contributed by atoms with van der Waals surface area (Å²) < 4.78 is 25.7. The van der Waals surface area contributed by atoms with Gasteiger partial charge in [-0.2, -0.15) is 5.26 Å². The van der Waals surface area contributed by atoms with E-state index in [0.717, 1.165) is 0 Å². The Kier molecular flexibility index (Phi) is 3.12. The van der Waals surface area contributed by atoms with Crippen molar-refractivity contribution >= 4 is 10.0 Å². The minimum atomic E-state index is -3.48. The van der Waals surface area contributed by atoms with E-state index >= 15 is 0 Å². The van der Waals surface area contributed by atoms with Gasteiger partial charge < -0.3 is 0 Å². The van der Waals surface area contributed by atoms with E-state index in [1.165, 1.54) is 6.92 Å². The number of nitrogens with one attached hydrogen (secondary N) is 1. The van der Waals surface area contributed by atoms with Gasteiger partial charge in [0.2, 0.25) is 10.0 Å². The number of rotatable bonds is 4. The molecule has 0 saturated heterocycles. The van der Waals surface area contributed by atoms with Crippen LogP contribution in [0.15, 0.2) is 0 Å². The zero-order valence-corrected chi connectivity index (χ0v) is 11.4. The number of nitriles is 1. The van der Waals surface area contributed by atoms with Crippen molar-refractivity contribution in [3.8, 4) is 6.07 Å². The van der Waals surface area contributed by atoms with Crippen molar-refractivity contribution < 1.29 is 8.42 Å². The molecule has 1 aliphatic rings. The fourth-order valence-corrected chi connectivity index (χ4v) is 3.03. The molecular weight excluding hydrogens is 224 g/mol. The van der Waals surface area contributed by atoms with Crippen molar-refractivity contribution in [2.45, 2.75) is 39.9 Å². The molecule has 1 unspecified atom stereocenters. The maximum Gasteiger partial charge on any atom is 0.227 e. The molecule has 1 saturated carbocycles. The number of hydrogen-bond acceptors (Lipinski definition) is 3. The van der Waals surface area contributed by atoms with Crippen molar-refractivity contribution in [1.82, 2.24) is 4.72 Å². The predicted octanol–water partition coefficient (Wildman–Crippen LogP) is 1.50. The van der Waals surface area contributed by atoms with Crippen molar-refractivity contribution in [2.24, 2.45) is 16.7 Å². The van der Waals surface area contributed by atoms with Gasteiger partial charge in [0.15, 0.2) is 5.25 Å². The lowest BCUT2D eigenvalue weighted by atomic mass is 10.0. The van der Waals surface area contributed by atoms with Gasteiger partial charge in [-0.15, -0.1) is 0 Å². The van der Waals surface area contributed by atoms with Crippen LogP contribution in [0.4, 0.5) is 0 Å². The molecule has 0 spiro atoms.